The van der Waals surface area contributed by atoms with Gasteiger partial charge in [0.1, 0.15) is 11.5 Å². The van der Waals surface area contributed by atoms with Crippen molar-refractivity contribution in [2.24, 2.45) is 5.10 Å². The van der Waals surface area contributed by atoms with E-state index in [9.17, 15) is 9.59 Å². The molecule has 0 fully saturated rings. The zero-order valence-electron chi connectivity index (χ0n) is 15.1. The van der Waals surface area contributed by atoms with Crippen LogP contribution in [0.3, 0.4) is 0 Å². The van der Waals surface area contributed by atoms with Crippen molar-refractivity contribution in [3.8, 4) is 11.5 Å². The van der Waals surface area contributed by atoms with Gasteiger partial charge in [-0.15, -0.1) is 0 Å². The van der Waals surface area contributed by atoms with Gasteiger partial charge in [-0.1, -0.05) is 12.1 Å². The number of hydrogen-bond donors (Lipinski definition) is 2. The average molecular weight is 355 g/mol. The molecule has 26 heavy (non-hydrogen) atoms. The van der Waals surface area contributed by atoms with E-state index in [1.54, 1.807) is 43.3 Å². The van der Waals surface area contributed by atoms with Crippen LogP contribution in [0.4, 0.5) is 5.69 Å². The van der Waals surface area contributed by atoms with Gasteiger partial charge in [0.15, 0.2) is 0 Å². The van der Waals surface area contributed by atoms with Crippen molar-refractivity contribution in [3.63, 3.8) is 0 Å². The second kappa shape index (κ2) is 8.66. The second-order valence-corrected chi connectivity index (χ2v) is 5.50. The first-order valence-electron chi connectivity index (χ1n) is 7.88. The summed E-state index contributed by atoms with van der Waals surface area (Å²) in [4.78, 5) is 23.5. The Morgan fingerprint density at radius 3 is 2.15 bits per heavy atom. The molecule has 0 unspecified atom stereocenters. The molecule has 7 heteroatoms. The Bertz CT molecular complexity index is 824. The third-order valence-electron chi connectivity index (χ3n) is 3.54. The highest BCUT2D eigenvalue weighted by atomic mass is 16.5. The van der Waals surface area contributed by atoms with E-state index >= 15 is 0 Å². The summed E-state index contributed by atoms with van der Waals surface area (Å²) >= 11 is 0. The van der Waals surface area contributed by atoms with Crippen molar-refractivity contribution in [1.82, 2.24) is 5.43 Å². The van der Waals surface area contributed by atoms with E-state index in [0.29, 0.717) is 28.5 Å². The Morgan fingerprint density at radius 1 is 0.923 bits per heavy atom. The van der Waals surface area contributed by atoms with Gasteiger partial charge in [0.2, 0.25) is 5.91 Å². The SMILES string of the molecule is COc1cc(OC)cc(C(=O)N/N=C(/C)c2cccc(NC(C)=O)c2)c1. The predicted molar refractivity (Wildman–Crippen MR) is 100.0 cm³/mol. The van der Waals surface area contributed by atoms with Crippen LogP contribution in [0.2, 0.25) is 0 Å². The van der Waals surface area contributed by atoms with Crippen LogP contribution in [0.15, 0.2) is 47.6 Å². The topological polar surface area (TPSA) is 89.0 Å². The van der Waals surface area contributed by atoms with Gasteiger partial charge in [0.05, 0.1) is 19.9 Å². The summed E-state index contributed by atoms with van der Waals surface area (Å²) in [7, 11) is 3.03. The van der Waals surface area contributed by atoms with Crippen LogP contribution in [0, 0.1) is 0 Å². The van der Waals surface area contributed by atoms with Gasteiger partial charge in [0, 0.05) is 24.2 Å². The van der Waals surface area contributed by atoms with Crippen molar-refractivity contribution >= 4 is 23.2 Å². The van der Waals surface area contributed by atoms with E-state index in [0.717, 1.165) is 5.56 Å². The molecule has 0 bridgehead atoms. The summed E-state index contributed by atoms with van der Waals surface area (Å²) in [6.45, 7) is 3.20. The highest BCUT2D eigenvalue weighted by molar-refractivity contribution is 6.02. The lowest BCUT2D eigenvalue weighted by Gasteiger charge is -2.08. The molecule has 2 N–H and O–H groups in total. The molecule has 2 aromatic carbocycles. The number of anilines is 1. The molecule has 0 heterocycles. The molecule has 2 rings (SSSR count). The summed E-state index contributed by atoms with van der Waals surface area (Å²) in [6.07, 6.45) is 0. The largest absolute Gasteiger partial charge is 0.497 e. The highest BCUT2D eigenvalue weighted by Gasteiger charge is 2.10. The molecular formula is C19H21N3O4. The smallest absolute Gasteiger partial charge is 0.271 e. The fourth-order valence-corrected chi connectivity index (χ4v) is 2.23. The quantitative estimate of drug-likeness (QED) is 0.616. The summed E-state index contributed by atoms with van der Waals surface area (Å²) in [5, 5.41) is 6.83. The first-order valence-corrected chi connectivity index (χ1v) is 7.88. The Balaban J connectivity index is 2.16. The fraction of sp³-hybridized carbons (Fsp3) is 0.211. The van der Waals surface area contributed by atoms with E-state index < -0.39 is 0 Å². The molecule has 0 aliphatic heterocycles. The van der Waals surface area contributed by atoms with Crippen LogP contribution in [-0.2, 0) is 4.79 Å². The number of carbonyl (C=O) groups excluding carboxylic acids is 2. The van der Waals surface area contributed by atoms with E-state index in [1.807, 2.05) is 6.07 Å². The number of hydrazone groups is 1. The minimum absolute atomic E-state index is 0.156. The Morgan fingerprint density at radius 2 is 1.58 bits per heavy atom. The molecule has 2 aromatic rings. The number of nitrogens with zero attached hydrogens (tertiary/aromatic N) is 1. The fourth-order valence-electron chi connectivity index (χ4n) is 2.23. The van der Waals surface area contributed by atoms with E-state index in [1.165, 1.54) is 21.1 Å². The number of amides is 2. The second-order valence-electron chi connectivity index (χ2n) is 5.50. The monoisotopic (exact) mass is 355 g/mol. The van der Waals surface area contributed by atoms with Crippen LogP contribution in [-0.4, -0.2) is 31.7 Å². The molecular weight excluding hydrogens is 334 g/mol. The number of ether oxygens (including phenoxy) is 2. The maximum absolute atomic E-state index is 12.3. The molecule has 0 aliphatic rings. The van der Waals surface area contributed by atoms with E-state index in [2.05, 4.69) is 15.8 Å². The van der Waals surface area contributed by atoms with Gasteiger partial charge < -0.3 is 14.8 Å². The summed E-state index contributed by atoms with van der Waals surface area (Å²) in [6, 6.07) is 12.1. The number of hydrogen-bond acceptors (Lipinski definition) is 5. The average Bonchev–Trinajstić information content (AvgIpc) is 2.64. The minimum atomic E-state index is -0.389. The van der Waals surface area contributed by atoms with Gasteiger partial charge in [-0.05, 0) is 36.8 Å². The summed E-state index contributed by atoms with van der Waals surface area (Å²) < 4.78 is 10.3. The molecule has 0 aromatic heterocycles. The molecule has 0 saturated carbocycles. The first-order chi connectivity index (χ1) is 12.4. The lowest BCUT2D eigenvalue weighted by Crippen LogP contribution is -2.19. The molecule has 7 nitrogen and oxygen atoms in total. The zero-order valence-corrected chi connectivity index (χ0v) is 15.1. The van der Waals surface area contributed by atoms with Crippen molar-refractivity contribution < 1.29 is 19.1 Å². The molecule has 136 valence electrons. The normalized spacial score (nSPS) is 10.8. The number of rotatable bonds is 6. The van der Waals surface area contributed by atoms with Crippen molar-refractivity contribution in [2.75, 3.05) is 19.5 Å². The Kier molecular flexibility index (Phi) is 6.32. The zero-order chi connectivity index (χ0) is 19.1. The van der Waals surface area contributed by atoms with Crippen LogP contribution in [0.5, 0.6) is 11.5 Å². The van der Waals surface area contributed by atoms with Crippen LogP contribution in [0.25, 0.3) is 0 Å². The number of benzene rings is 2. The lowest BCUT2D eigenvalue weighted by molar-refractivity contribution is -0.114. The Hall–Kier alpha value is -3.35. The van der Waals surface area contributed by atoms with Gasteiger partial charge in [-0.25, -0.2) is 5.43 Å². The van der Waals surface area contributed by atoms with Crippen LogP contribution < -0.4 is 20.2 Å². The molecule has 0 spiro atoms. The lowest BCUT2D eigenvalue weighted by atomic mass is 10.1. The molecule has 0 saturated heterocycles. The first kappa shape index (κ1) is 19.0. The van der Waals surface area contributed by atoms with E-state index in [-0.39, 0.29) is 11.8 Å². The third kappa shape index (κ3) is 5.07. The van der Waals surface area contributed by atoms with E-state index in [4.69, 9.17) is 9.47 Å². The number of carbonyl (C=O) groups is 2. The highest BCUT2D eigenvalue weighted by Crippen LogP contribution is 2.22. The van der Waals surface area contributed by atoms with Crippen LogP contribution in [0.1, 0.15) is 29.8 Å². The Labute approximate surface area is 152 Å². The van der Waals surface area contributed by atoms with Gasteiger partial charge >= 0.3 is 0 Å². The standard InChI is InChI=1S/C19H21N3O4/c1-12(14-6-5-7-16(8-14)20-13(2)23)21-22-19(24)15-9-17(25-3)11-18(10-15)26-4/h5-11H,1-4H3,(H,20,23)(H,22,24)/b21-12-. The maximum atomic E-state index is 12.3. The van der Waals surface area contributed by atoms with Gasteiger partial charge in [-0.3, -0.25) is 9.59 Å². The summed E-state index contributed by atoms with van der Waals surface area (Å²) in [5.41, 5.74) is 4.91. The van der Waals surface area contributed by atoms with Gasteiger partial charge in [-0.2, -0.15) is 5.10 Å². The third-order valence-corrected chi connectivity index (χ3v) is 3.54. The molecule has 0 atom stereocenters. The van der Waals surface area contributed by atoms with Crippen LogP contribution >= 0.6 is 0 Å². The van der Waals surface area contributed by atoms with Crippen molar-refractivity contribution in [1.29, 1.82) is 0 Å². The van der Waals surface area contributed by atoms with Crippen molar-refractivity contribution in [2.45, 2.75) is 13.8 Å². The minimum Gasteiger partial charge on any atom is -0.497 e. The number of methoxy groups -OCH3 is 2. The summed E-state index contributed by atoms with van der Waals surface area (Å²) in [5.74, 6) is 0.480. The number of nitrogens with one attached hydrogen (secondary N) is 2. The molecule has 2 amide bonds. The molecule has 0 aliphatic carbocycles. The van der Waals surface area contributed by atoms with Crippen molar-refractivity contribution in [3.05, 3.63) is 53.6 Å². The molecule has 0 radical (unpaired) electrons. The maximum Gasteiger partial charge on any atom is 0.271 e. The predicted octanol–water partition coefficient (Wildman–Crippen LogP) is 2.82. The van der Waals surface area contributed by atoms with Gasteiger partial charge in [0.25, 0.3) is 5.91 Å².